The molecule has 0 aliphatic rings. The summed E-state index contributed by atoms with van der Waals surface area (Å²) < 4.78 is 3.69. The summed E-state index contributed by atoms with van der Waals surface area (Å²) >= 11 is 0. The molecule has 32 heavy (non-hydrogen) atoms. The van der Waals surface area contributed by atoms with Crippen molar-refractivity contribution >= 4 is 33.5 Å². The number of fused-ring (bicyclic) bond motifs is 2. The van der Waals surface area contributed by atoms with Gasteiger partial charge in [-0.2, -0.15) is 5.10 Å². The number of amides is 1. The summed E-state index contributed by atoms with van der Waals surface area (Å²) in [4.78, 5) is 26.0. The topological polar surface area (TPSA) is 68.9 Å². The quantitative estimate of drug-likeness (QED) is 0.428. The van der Waals surface area contributed by atoms with Gasteiger partial charge >= 0.3 is 0 Å². The number of pyridine rings is 1. The number of para-hydroxylation sites is 2. The van der Waals surface area contributed by atoms with Crippen LogP contribution in [-0.2, 0) is 17.9 Å². The third-order valence-electron chi connectivity index (χ3n) is 5.53. The van der Waals surface area contributed by atoms with Gasteiger partial charge in [-0.3, -0.25) is 9.59 Å². The first-order valence-electron chi connectivity index (χ1n) is 10.5. The number of aromatic nitrogens is 3. The van der Waals surface area contributed by atoms with Crippen molar-refractivity contribution < 1.29 is 4.79 Å². The number of nitrogens with zero attached hydrogens (tertiary/aromatic N) is 3. The lowest BCUT2D eigenvalue weighted by Gasteiger charge is -2.15. The van der Waals surface area contributed by atoms with Gasteiger partial charge in [0.2, 0.25) is 5.91 Å². The monoisotopic (exact) mass is 422 g/mol. The summed E-state index contributed by atoms with van der Waals surface area (Å²) in [6.07, 6.45) is 0. The van der Waals surface area contributed by atoms with Crippen molar-refractivity contribution in [3.63, 3.8) is 0 Å². The number of hydrogen-bond acceptors (Lipinski definition) is 3. The summed E-state index contributed by atoms with van der Waals surface area (Å²) in [6.45, 7) is 2.55. The molecule has 0 aliphatic carbocycles. The zero-order valence-corrected chi connectivity index (χ0v) is 17.7. The minimum Gasteiger partial charge on any atom is -0.331 e. The Bertz CT molecular complexity index is 1440. The number of rotatable bonds is 5. The summed E-state index contributed by atoms with van der Waals surface area (Å²) in [5, 5.41) is 8.74. The first-order chi connectivity index (χ1) is 15.6. The summed E-state index contributed by atoms with van der Waals surface area (Å²) in [5.74, 6) is 0.462. The molecule has 0 bridgehead atoms. The molecule has 0 aliphatic heterocycles. The Hall–Kier alpha value is -4.19. The Morgan fingerprint density at radius 3 is 2.12 bits per heavy atom. The first-order valence-corrected chi connectivity index (χ1v) is 10.5. The molecular formula is C26H22N4O2. The number of carbonyl (C=O) groups excluding carboxylic acids is 1. The highest BCUT2D eigenvalue weighted by Gasteiger charge is 2.15. The summed E-state index contributed by atoms with van der Waals surface area (Å²) in [5.41, 5.74) is 3.38. The van der Waals surface area contributed by atoms with Gasteiger partial charge in [0.05, 0.1) is 23.3 Å². The largest absolute Gasteiger partial charge is 0.331 e. The minimum atomic E-state index is -0.182. The Balaban J connectivity index is 1.49. The van der Waals surface area contributed by atoms with Crippen molar-refractivity contribution in [1.82, 2.24) is 14.3 Å². The van der Waals surface area contributed by atoms with Gasteiger partial charge in [0.25, 0.3) is 0 Å². The lowest BCUT2D eigenvalue weighted by molar-refractivity contribution is -0.116. The molecule has 0 unspecified atom stereocenters. The lowest BCUT2D eigenvalue weighted by Crippen LogP contribution is -2.23. The molecular weight excluding hydrogens is 400 g/mol. The third kappa shape index (κ3) is 3.67. The molecule has 6 heteroatoms. The highest BCUT2D eigenvalue weighted by Crippen LogP contribution is 2.20. The average Bonchev–Trinajstić information content (AvgIpc) is 3.15. The summed E-state index contributed by atoms with van der Waals surface area (Å²) in [7, 11) is 0. The molecule has 3 aromatic carbocycles. The van der Waals surface area contributed by atoms with Crippen LogP contribution in [0.2, 0.25) is 0 Å². The maximum absolute atomic E-state index is 13.1. The first kappa shape index (κ1) is 19.8. The van der Waals surface area contributed by atoms with E-state index in [9.17, 15) is 9.59 Å². The van der Waals surface area contributed by atoms with Crippen LogP contribution in [-0.4, -0.2) is 20.3 Å². The molecule has 1 amide bonds. The molecule has 5 rings (SSSR count). The van der Waals surface area contributed by atoms with Crippen LogP contribution in [0.3, 0.4) is 0 Å². The fourth-order valence-electron chi connectivity index (χ4n) is 4.10. The van der Waals surface area contributed by atoms with E-state index in [-0.39, 0.29) is 17.9 Å². The molecule has 0 saturated carbocycles. The van der Waals surface area contributed by atoms with E-state index in [1.54, 1.807) is 16.8 Å². The Labute approximate surface area is 184 Å². The number of anilines is 1. The van der Waals surface area contributed by atoms with Crippen molar-refractivity contribution in [2.24, 2.45) is 0 Å². The SMILES string of the molecule is Cc1cc(NC(=O)Cn2c3ccccc3c(=O)c3ccccc32)n(Cc2ccccc2)n1. The molecule has 0 saturated heterocycles. The molecule has 6 nitrogen and oxygen atoms in total. The molecule has 2 aromatic heterocycles. The van der Waals surface area contributed by atoms with Gasteiger partial charge < -0.3 is 9.88 Å². The number of carbonyl (C=O) groups is 1. The Morgan fingerprint density at radius 2 is 1.47 bits per heavy atom. The lowest BCUT2D eigenvalue weighted by atomic mass is 10.1. The van der Waals surface area contributed by atoms with E-state index < -0.39 is 0 Å². The van der Waals surface area contributed by atoms with Crippen molar-refractivity contribution in [2.75, 3.05) is 5.32 Å². The van der Waals surface area contributed by atoms with Crippen molar-refractivity contribution in [1.29, 1.82) is 0 Å². The van der Waals surface area contributed by atoms with E-state index in [2.05, 4.69) is 10.4 Å². The van der Waals surface area contributed by atoms with E-state index in [0.717, 1.165) is 22.3 Å². The maximum atomic E-state index is 13.1. The Kier molecular flexibility index (Phi) is 5.03. The van der Waals surface area contributed by atoms with Gasteiger partial charge in [-0.25, -0.2) is 4.68 Å². The van der Waals surface area contributed by atoms with E-state index in [1.807, 2.05) is 84.3 Å². The molecule has 158 valence electrons. The number of aryl methyl sites for hydroxylation is 1. The highest BCUT2D eigenvalue weighted by molar-refractivity contribution is 5.97. The molecule has 0 fully saturated rings. The van der Waals surface area contributed by atoms with Crippen molar-refractivity contribution in [2.45, 2.75) is 20.0 Å². The molecule has 5 aromatic rings. The van der Waals surface area contributed by atoms with Crippen LogP contribution < -0.4 is 10.7 Å². The van der Waals surface area contributed by atoms with Gasteiger partial charge in [-0.1, -0.05) is 54.6 Å². The molecule has 0 atom stereocenters. The second-order valence-electron chi connectivity index (χ2n) is 7.81. The maximum Gasteiger partial charge on any atom is 0.245 e. The van der Waals surface area contributed by atoms with Crippen LogP contribution in [0, 0.1) is 6.92 Å². The smallest absolute Gasteiger partial charge is 0.245 e. The van der Waals surface area contributed by atoms with Crippen molar-refractivity contribution in [3.8, 4) is 0 Å². The predicted molar refractivity (Wildman–Crippen MR) is 127 cm³/mol. The van der Waals surface area contributed by atoms with E-state index in [0.29, 0.717) is 23.1 Å². The Morgan fingerprint density at radius 1 is 0.875 bits per heavy atom. The van der Waals surface area contributed by atoms with Crippen LogP contribution in [0.25, 0.3) is 21.8 Å². The fraction of sp³-hybridized carbons (Fsp3) is 0.115. The van der Waals surface area contributed by atoms with Crippen LogP contribution in [0.4, 0.5) is 5.82 Å². The zero-order valence-electron chi connectivity index (χ0n) is 17.7. The molecule has 1 N–H and O–H groups in total. The molecule has 0 radical (unpaired) electrons. The number of nitrogens with one attached hydrogen (secondary N) is 1. The zero-order chi connectivity index (χ0) is 22.1. The second-order valence-corrected chi connectivity index (χ2v) is 7.81. The van der Waals surface area contributed by atoms with Gasteiger partial charge in [-0.05, 0) is 36.8 Å². The molecule has 2 heterocycles. The average molecular weight is 422 g/mol. The number of hydrogen-bond donors (Lipinski definition) is 1. The van der Waals surface area contributed by atoms with Gasteiger partial charge in [0, 0.05) is 16.8 Å². The van der Waals surface area contributed by atoms with Gasteiger partial charge in [-0.15, -0.1) is 0 Å². The van der Waals surface area contributed by atoms with E-state index in [4.69, 9.17) is 0 Å². The van der Waals surface area contributed by atoms with E-state index >= 15 is 0 Å². The van der Waals surface area contributed by atoms with E-state index in [1.165, 1.54) is 0 Å². The number of benzene rings is 3. The molecule has 0 spiro atoms. The van der Waals surface area contributed by atoms with Crippen LogP contribution in [0.15, 0.2) is 89.7 Å². The highest BCUT2D eigenvalue weighted by atomic mass is 16.2. The summed E-state index contributed by atoms with van der Waals surface area (Å²) in [6, 6.07) is 26.7. The van der Waals surface area contributed by atoms with Crippen molar-refractivity contribution in [3.05, 3.63) is 106 Å². The van der Waals surface area contributed by atoms with Gasteiger partial charge in [0.15, 0.2) is 5.43 Å². The van der Waals surface area contributed by atoms with Gasteiger partial charge in [0.1, 0.15) is 12.4 Å². The van der Waals surface area contributed by atoms with Crippen LogP contribution in [0.5, 0.6) is 0 Å². The normalized spacial score (nSPS) is 11.2. The predicted octanol–water partition coefficient (Wildman–Crippen LogP) is 4.35. The van der Waals surface area contributed by atoms with Crippen LogP contribution in [0.1, 0.15) is 11.3 Å². The minimum absolute atomic E-state index is 0.0237. The van der Waals surface area contributed by atoms with Crippen LogP contribution >= 0.6 is 0 Å². The standard InChI is InChI=1S/C26H22N4O2/c1-18-15-24(30(28-18)16-19-9-3-2-4-10-19)27-25(31)17-29-22-13-7-5-11-20(22)26(32)21-12-6-8-14-23(21)29/h2-15H,16-17H2,1H3,(H,27,31). The fourth-order valence-corrected chi connectivity index (χ4v) is 4.10. The second kappa shape index (κ2) is 8.15. The third-order valence-corrected chi connectivity index (χ3v) is 5.53.